The van der Waals surface area contributed by atoms with Crippen LogP contribution in [0.4, 0.5) is 0 Å². The molecular weight excluding hydrogens is 316 g/mol. The topological polar surface area (TPSA) is 76.4 Å². The van der Waals surface area contributed by atoms with Crippen molar-refractivity contribution in [2.24, 2.45) is 5.92 Å². The maximum absolute atomic E-state index is 12.1. The molecule has 23 heavy (non-hydrogen) atoms. The number of hydrogen-bond donors (Lipinski definition) is 1. The van der Waals surface area contributed by atoms with Gasteiger partial charge in [-0.3, -0.25) is 14.9 Å². The fraction of sp³-hybridized carbons (Fsp3) is 0.812. The first kappa shape index (κ1) is 19.7. The van der Waals surface area contributed by atoms with Crippen LogP contribution in [0.25, 0.3) is 0 Å². The number of amides is 2. The Morgan fingerprint density at radius 1 is 1.26 bits per heavy atom. The summed E-state index contributed by atoms with van der Waals surface area (Å²) in [6.45, 7) is 1.89. The van der Waals surface area contributed by atoms with Gasteiger partial charge in [0.15, 0.2) is 0 Å². The van der Waals surface area contributed by atoms with Crippen molar-refractivity contribution >= 4 is 24.2 Å². The lowest BCUT2D eigenvalue weighted by molar-refractivity contribution is -0.134. The third kappa shape index (κ3) is 4.82. The molecule has 0 aromatic rings. The zero-order valence-electron chi connectivity index (χ0n) is 14.0. The van der Waals surface area contributed by atoms with E-state index in [1.807, 2.05) is 4.90 Å². The molecule has 2 amide bonds. The van der Waals surface area contributed by atoms with E-state index in [2.05, 4.69) is 11.4 Å². The number of likely N-dealkylation sites (tertiary alicyclic amines) is 1. The second-order valence-corrected chi connectivity index (χ2v) is 6.64. The highest BCUT2D eigenvalue weighted by atomic mass is 35.5. The quantitative estimate of drug-likeness (QED) is 0.831. The molecule has 0 bridgehead atoms. The lowest BCUT2D eigenvalue weighted by Gasteiger charge is -2.36. The molecule has 0 unspecified atom stereocenters. The second-order valence-electron chi connectivity index (χ2n) is 6.64. The van der Waals surface area contributed by atoms with Crippen LogP contribution in [0.1, 0.15) is 38.5 Å². The molecule has 1 aliphatic heterocycles. The van der Waals surface area contributed by atoms with Gasteiger partial charge in [0.25, 0.3) is 0 Å². The number of carbonyl (C=O) groups excluding carboxylic acids is 2. The van der Waals surface area contributed by atoms with E-state index < -0.39 is 5.54 Å². The Morgan fingerprint density at radius 2 is 1.83 bits per heavy atom. The number of nitrogens with one attached hydrogen (secondary N) is 1. The average molecular weight is 343 g/mol. The molecule has 1 aliphatic carbocycles. The van der Waals surface area contributed by atoms with E-state index in [9.17, 15) is 14.9 Å². The van der Waals surface area contributed by atoms with Gasteiger partial charge in [-0.1, -0.05) is 0 Å². The van der Waals surface area contributed by atoms with Crippen molar-refractivity contribution in [1.82, 2.24) is 15.1 Å². The lowest BCUT2D eigenvalue weighted by Crippen LogP contribution is -2.51. The number of rotatable bonds is 4. The predicted molar refractivity (Wildman–Crippen MR) is 90.1 cm³/mol. The van der Waals surface area contributed by atoms with Crippen molar-refractivity contribution in [3.8, 4) is 6.07 Å². The number of nitrogens with zero attached hydrogens (tertiary/aromatic N) is 3. The summed E-state index contributed by atoms with van der Waals surface area (Å²) in [4.78, 5) is 27.6. The number of carbonyl (C=O) groups is 2. The van der Waals surface area contributed by atoms with E-state index in [1.54, 1.807) is 19.0 Å². The number of hydrogen-bond acceptors (Lipinski definition) is 4. The van der Waals surface area contributed by atoms with Gasteiger partial charge >= 0.3 is 0 Å². The third-order valence-corrected chi connectivity index (χ3v) is 4.88. The van der Waals surface area contributed by atoms with E-state index in [0.29, 0.717) is 25.7 Å². The van der Waals surface area contributed by atoms with Crippen LogP contribution < -0.4 is 5.32 Å². The van der Waals surface area contributed by atoms with Crippen molar-refractivity contribution in [1.29, 1.82) is 5.26 Å². The monoisotopic (exact) mass is 342 g/mol. The van der Waals surface area contributed by atoms with E-state index in [4.69, 9.17) is 0 Å². The summed E-state index contributed by atoms with van der Waals surface area (Å²) in [6.07, 6.45) is 4.81. The van der Waals surface area contributed by atoms with E-state index in [0.717, 1.165) is 25.9 Å². The fourth-order valence-corrected chi connectivity index (χ4v) is 3.37. The molecule has 1 N–H and O–H groups in total. The van der Waals surface area contributed by atoms with Crippen molar-refractivity contribution in [2.45, 2.75) is 44.1 Å². The zero-order chi connectivity index (χ0) is 16.2. The molecule has 2 fully saturated rings. The molecule has 2 rings (SSSR count). The van der Waals surface area contributed by atoms with Gasteiger partial charge in [-0.15, -0.1) is 12.4 Å². The van der Waals surface area contributed by atoms with Gasteiger partial charge in [0.1, 0.15) is 5.54 Å². The third-order valence-electron chi connectivity index (χ3n) is 4.88. The Kier molecular flexibility index (Phi) is 7.30. The number of nitriles is 1. The van der Waals surface area contributed by atoms with Crippen molar-refractivity contribution in [3.05, 3.63) is 0 Å². The highest BCUT2D eigenvalue weighted by Crippen LogP contribution is 2.32. The molecule has 0 aromatic carbocycles. The molecule has 1 saturated heterocycles. The van der Waals surface area contributed by atoms with Crippen LogP contribution >= 0.6 is 12.4 Å². The fourth-order valence-electron chi connectivity index (χ4n) is 3.37. The lowest BCUT2D eigenvalue weighted by atomic mass is 9.76. The molecule has 0 radical (unpaired) electrons. The van der Waals surface area contributed by atoms with Crippen LogP contribution in [0.2, 0.25) is 0 Å². The Labute approximate surface area is 144 Å². The highest BCUT2D eigenvalue weighted by Gasteiger charge is 2.38. The van der Waals surface area contributed by atoms with Gasteiger partial charge in [-0.05, 0) is 38.5 Å². The summed E-state index contributed by atoms with van der Waals surface area (Å²) in [7, 11) is 3.53. The maximum atomic E-state index is 12.1. The normalized spacial score (nSPS) is 27.0. The van der Waals surface area contributed by atoms with Gasteiger partial charge in [0, 0.05) is 33.1 Å². The number of halogens is 1. The SMILES string of the molecule is CN(C)C(=O)C1CCC(C#N)(NCC(=O)N2CCCC2)CC1.Cl. The van der Waals surface area contributed by atoms with Gasteiger partial charge in [0.2, 0.25) is 11.8 Å². The first-order chi connectivity index (χ1) is 10.5. The molecule has 0 aromatic heterocycles. The van der Waals surface area contributed by atoms with Crippen LogP contribution in [0.5, 0.6) is 0 Å². The second kappa shape index (κ2) is 8.51. The van der Waals surface area contributed by atoms with Gasteiger partial charge < -0.3 is 9.80 Å². The van der Waals surface area contributed by atoms with Gasteiger partial charge in [-0.2, -0.15) is 5.26 Å². The summed E-state index contributed by atoms with van der Waals surface area (Å²) in [5, 5.41) is 12.7. The van der Waals surface area contributed by atoms with Gasteiger partial charge in [-0.25, -0.2) is 0 Å². The predicted octanol–water partition coefficient (Wildman–Crippen LogP) is 1.16. The van der Waals surface area contributed by atoms with Crippen LogP contribution in [-0.4, -0.2) is 60.9 Å². The minimum atomic E-state index is -0.654. The summed E-state index contributed by atoms with van der Waals surface area (Å²) < 4.78 is 0. The van der Waals surface area contributed by atoms with E-state index >= 15 is 0 Å². The van der Waals surface area contributed by atoms with Crippen molar-refractivity contribution in [2.75, 3.05) is 33.7 Å². The average Bonchev–Trinajstić information content (AvgIpc) is 3.07. The first-order valence-corrected chi connectivity index (χ1v) is 8.13. The standard InChI is InChI=1S/C16H26N4O2.ClH/c1-19(2)15(22)13-5-7-16(12-17,8-6-13)18-11-14(21)20-9-3-4-10-20;/h13,18H,3-11H2,1-2H3;1H. The molecule has 2 aliphatic rings. The molecule has 1 heterocycles. The molecule has 0 spiro atoms. The molecule has 7 heteroatoms. The molecule has 0 atom stereocenters. The smallest absolute Gasteiger partial charge is 0.236 e. The minimum Gasteiger partial charge on any atom is -0.349 e. The largest absolute Gasteiger partial charge is 0.349 e. The van der Waals surface area contributed by atoms with Crippen LogP contribution in [0, 0.1) is 17.2 Å². The van der Waals surface area contributed by atoms with Gasteiger partial charge in [0.05, 0.1) is 12.6 Å². The summed E-state index contributed by atoms with van der Waals surface area (Å²) in [6, 6.07) is 2.35. The summed E-state index contributed by atoms with van der Waals surface area (Å²) >= 11 is 0. The zero-order valence-corrected chi connectivity index (χ0v) is 14.8. The Hall–Kier alpha value is -1.32. The van der Waals surface area contributed by atoms with E-state index in [-0.39, 0.29) is 36.7 Å². The Balaban J connectivity index is 0.00000264. The van der Waals surface area contributed by atoms with Crippen molar-refractivity contribution in [3.63, 3.8) is 0 Å². The maximum Gasteiger partial charge on any atom is 0.236 e. The summed E-state index contributed by atoms with van der Waals surface area (Å²) in [5.41, 5.74) is -0.654. The molecular formula is C16H27ClN4O2. The van der Waals surface area contributed by atoms with Crippen LogP contribution in [0.3, 0.4) is 0 Å². The molecule has 130 valence electrons. The molecule has 1 saturated carbocycles. The summed E-state index contributed by atoms with van der Waals surface area (Å²) in [5.74, 6) is 0.228. The van der Waals surface area contributed by atoms with Crippen molar-refractivity contribution < 1.29 is 9.59 Å². The highest BCUT2D eigenvalue weighted by molar-refractivity contribution is 5.85. The molecule has 6 nitrogen and oxygen atoms in total. The van der Waals surface area contributed by atoms with Crippen LogP contribution in [-0.2, 0) is 9.59 Å². The first-order valence-electron chi connectivity index (χ1n) is 8.13. The Morgan fingerprint density at radius 3 is 2.30 bits per heavy atom. The Bertz CT molecular complexity index is 461. The van der Waals surface area contributed by atoms with E-state index in [1.165, 1.54) is 0 Å². The van der Waals surface area contributed by atoms with Crippen LogP contribution in [0.15, 0.2) is 0 Å². The minimum absolute atomic E-state index is 0.